The molecule has 0 spiro atoms. The molecule has 3 rings (SSSR count). The van der Waals surface area contributed by atoms with Gasteiger partial charge in [-0.05, 0) is 37.4 Å². The van der Waals surface area contributed by atoms with Crippen molar-refractivity contribution in [3.8, 4) is 5.82 Å². The number of imidazole rings is 1. The van der Waals surface area contributed by atoms with Crippen LogP contribution in [-0.4, -0.2) is 45.0 Å². The SMILES string of the molecule is CCCCNC(=O)C1CCCN(Cc2ccc(-n3ccnc3)nc2)C1. The Balaban J connectivity index is 1.53. The molecule has 2 aromatic rings. The van der Waals surface area contributed by atoms with E-state index in [-0.39, 0.29) is 11.8 Å². The number of pyridine rings is 1. The summed E-state index contributed by atoms with van der Waals surface area (Å²) >= 11 is 0. The van der Waals surface area contributed by atoms with Crippen molar-refractivity contribution in [1.82, 2.24) is 24.8 Å². The topological polar surface area (TPSA) is 63.1 Å². The van der Waals surface area contributed by atoms with Crippen LogP contribution in [0.1, 0.15) is 38.2 Å². The lowest BCUT2D eigenvalue weighted by Gasteiger charge is -2.32. The number of carbonyl (C=O) groups is 1. The number of piperidine rings is 1. The molecular formula is C19H27N5O. The molecule has 1 aliphatic rings. The molecule has 0 aromatic carbocycles. The highest BCUT2D eigenvalue weighted by molar-refractivity contribution is 5.78. The van der Waals surface area contributed by atoms with Crippen molar-refractivity contribution in [2.75, 3.05) is 19.6 Å². The number of amides is 1. The first-order valence-corrected chi connectivity index (χ1v) is 9.19. The van der Waals surface area contributed by atoms with Crippen LogP contribution in [0.15, 0.2) is 37.1 Å². The number of aromatic nitrogens is 3. The average molecular weight is 341 g/mol. The van der Waals surface area contributed by atoms with Crippen molar-refractivity contribution in [3.05, 3.63) is 42.6 Å². The fraction of sp³-hybridized carbons (Fsp3) is 0.526. The van der Waals surface area contributed by atoms with Crippen molar-refractivity contribution in [2.24, 2.45) is 5.92 Å². The van der Waals surface area contributed by atoms with Gasteiger partial charge in [-0.25, -0.2) is 9.97 Å². The zero-order chi connectivity index (χ0) is 17.5. The molecule has 3 heterocycles. The zero-order valence-corrected chi connectivity index (χ0v) is 14.9. The average Bonchev–Trinajstić information content (AvgIpc) is 3.17. The van der Waals surface area contributed by atoms with E-state index in [1.54, 1.807) is 12.5 Å². The highest BCUT2D eigenvalue weighted by atomic mass is 16.1. The molecule has 0 bridgehead atoms. The summed E-state index contributed by atoms with van der Waals surface area (Å²) in [5, 5.41) is 3.07. The smallest absolute Gasteiger partial charge is 0.224 e. The summed E-state index contributed by atoms with van der Waals surface area (Å²) in [5.74, 6) is 1.20. The maximum Gasteiger partial charge on any atom is 0.224 e. The van der Waals surface area contributed by atoms with Gasteiger partial charge in [-0.2, -0.15) is 0 Å². The van der Waals surface area contributed by atoms with Gasteiger partial charge in [0, 0.05) is 38.2 Å². The second-order valence-corrected chi connectivity index (χ2v) is 6.71. The minimum absolute atomic E-state index is 0.115. The molecule has 134 valence electrons. The van der Waals surface area contributed by atoms with Gasteiger partial charge in [-0.3, -0.25) is 14.3 Å². The molecule has 0 aliphatic carbocycles. The lowest BCUT2D eigenvalue weighted by atomic mass is 9.96. The summed E-state index contributed by atoms with van der Waals surface area (Å²) in [4.78, 5) is 23.2. The van der Waals surface area contributed by atoms with Gasteiger partial charge in [0.1, 0.15) is 12.1 Å². The lowest BCUT2D eigenvalue weighted by molar-refractivity contribution is -0.126. The summed E-state index contributed by atoms with van der Waals surface area (Å²) in [7, 11) is 0. The molecule has 1 fully saturated rings. The van der Waals surface area contributed by atoms with E-state index in [4.69, 9.17) is 0 Å². The Bertz CT molecular complexity index is 653. The van der Waals surface area contributed by atoms with E-state index in [1.807, 2.05) is 23.0 Å². The standard InChI is InChI=1S/C19H27N5O/c1-2-3-8-21-19(25)17-5-4-10-23(14-17)13-16-6-7-18(22-12-16)24-11-9-20-15-24/h6-7,9,11-12,15,17H,2-5,8,10,13-14H2,1H3,(H,21,25). The van der Waals surface area contributed by atoms with E-state index in [9.17, 15) is 4.79 Å². The van der Waals surface area contributed by atoms with Crippen molar-refractivity contribution >= 4 is 5.91 Å². The number of hydrogen-bond acceptors (Lipinski definition) is 4. The summed E-state index contributed by atoms with van der Waals surface area (Å²) in [5.41, 5.74) is 1.18. The van der Waals surface area contributed by atoms with Crippen LogP contribution in [0.4, 0.5) is 0 Å². The summed E-state index contributed by atoms with van der Waals surface area (Å²) in [6.45, 7) is 5.66. The predicted octanol–water partition coefficient (Wildman–Crippen LogP) is 2.40. The second kappa shape index (κ2) is 8.76. The Morgan fingerprint density at radius 3 is 3.04 bits per heavy atom. The van der Waals surface area contributed by atoms with Crippen molar-refractivity contribution < 1.29 is 4.79 Å². The number of hydrogen-bond donors (Lipinski definition) is 1. The van der Waals surface area contributed by atoms with E-state index >= 15 is 0 Å². The molecule has 0 radical (unpaired) electrons. The molecular weight excluding hydrogens is 314 g/mol. The number of carbonyl (C=O) groups excluding carboxylic acids is 1. The van der Waals surface area contributed by atoms with Gasteiger partial charge in [0.25, 0.3) is 0 Å². The lowest BCUT2D eigenvalue weighted by Crippen LogP contribution is -2.42. The van der Waals surface area contributed by atoms with E-state index in [1.165, 1.54) is 5.56 Å². The van der Waals surface area contributed by atoms with E-state index in [0.29, 0.717) is 0 Å². The first-order chi connectivity index (χ1) is 12.3. The Labute approximate surface area is 149 Å². The van der Waals surface area contributed by atoms with Gasteiger partial charge in [-0.15, -0.1) is 0 Å². The Kier molecular flexibility index (Phi) is 6.17. The van der Waals surface area contributed by atoms with Crippen LogP contribution in [0.25, 0.3) is 5.82 Å². The summed E-state index contributed by atoms with van der Waals surface area (Å²) < 4.78 is 1.89. The molecule has 1 atom stereocenters. The van der Waals surface area contributed by atoms with Gasteiger partial charge in [0.05, 0.1) is 5.92 Å². The molecule has 1 aliphatic heterocycles. The van der Waals surface area contributed by atoms with Crippen LogP contribution < -0.4 is 5.32 Å². The predicted molar refractivity (Wildman–Crippen MR) is 97.3 cm³/mol. The van der Waals surface area contributed by atoms with Crippen LogP contribution in [0.5, 0.6) is 0 Å². The minimum Gasteiger partial charge on any atom is -0.356 e. The third-order valence-electron chi connectivity index (χ3n) is 4.69. The first kappa shape index (κ1) is 17.6. The number of nitrogens with zero attached hydrogens (tertiary/aromatic N) is 4. The minimum atomic E-state index is 0.115. The van der Waals surface area contributed by atoms with E-state index in [0.717, 1.165) is 57.7 Å². The molecule has 0 saturated carbocycles. The Morgan fingerprint density at radius 1 is 1.40 bits per heavy atom. The van der Waals surface area contributed by atoms with Crippen molar-refractivity contribution in [3.63, 3.8) is 0 Å². The van der Waals surface area contributed by atoms with Gasteiger partial charge in [-0.1, -0.05) is 19.4 Å². The van der Waals surface area contributed by atoms with Gasteiger partial charge in [0.15, 0.2) is 0 Å². The largest absolute Gasteiger partial charge is 0.356 e. The highest BCUT2D eigenvalue weighted by Crippen LogP contribution is 2.19. The quantitative estimate of drug-likeness (QED) is 0.786. The fourth-order valence-corrected chi connectivity index (χ4v) is 3.26. The molecule has 1 N–H and O–H groups in total. The number of nitrogens with one attached hydrogen (secondary N) is 1. The molecule has 2 aromatic heterocycles. The van der Waals surface area contributed by atoms with Crippen LogP contribution in [-0.2, 0) is 11.3 Å². The molecule has 1 unspecified atom stereocenters. The Morgan fingerprint density at radius 2 is 2.32 bits per heavy atom. The van der Waals surface area contributed by atoms with Crippen molar-refractivity contribution in [2.45, 2.75) is 39.2 Å². The summed E-state index contributed by atoms with van der Waals surface area (Å²) in [6, 6.07) is 4.11. The third kappa shape index (κ3) is 4.89. The second-order valence-electron chi connectivity index (χ2n) is 6.71. The van der Waals surface area contributed by atoms with Crippen LogP contribution in [0.3, 0.4) is 0 Å². The normalized spacial score (nSPS) is 18.2. The van der Waals surface area contributed by atoms with Crippen molar-refractivity contribution in [1.29, 1.82) is 0 Å². The maximum atomic E-state index is 12.3. The van der Waals surface area contributed by atoms with Crippen LogP contribution >= 0.6 is 0 Å². The van der Waals surface area contributed by atoms with E-state index < -0.39 is 0 Å². The molecule has 25 heavy (non-hydrogen) atoms. The monoisotopic (exact) mass is 341 g/mol. The molecule has 6 heteroatoms. The summed E-state index contributed by atoms with van der Waals surface area (Å²) in [6.07, 6.45) is 11.5. The number of likely N-dealkylation sites (tertiary alicyclic amines) is 1. The van der Waals surface area contributed by atoms with E-state index in [2.05, 4.69) is 33.2 Å². The van der Waals surface area contributed by atoms with Gasteiger partial charge >= 0.3 is 0 Å². The van der Waals surface area contributed by atoms with Crippen LogP contribution in [0.2, 0.25) is 0 Å². The fourth-order valence-electron chi connectivity index (χ4n) is 3.26. The van der Waals surface area contributed by atoms with Gasteiger partial charge < -0.3 is 5.32 Å². The van der Waals surface area contributed by atoms with Gasteiger partial charge in [0.2, 0.25) is 5.91 Å². The molecule has 1 saturated heterocycles. The third-order valence-corrected chi connectivity index (χ3v) is 4.69. The highest BCUT2D eigenvalue weighted by Gasteiger charge is 2.25. The zero-order valence-electron chi connectivity index (χ0n) is 14.9. The number of rotatable bonds is 7. The Hall–Kier alpha value is -2.21. The first-order valence-electron chi connectivity index (χ1n) is 9.19. The number of unbranched alkanes of at least 4 members (excludes halogenated alkanes) is 1. The molecule has 6 nitrogen and oxygen atoms in total. The maximum absolute atomic E-state index is 12.3. The molecule has 1 amide bonds. The van der Waals surface area contributed by atoms with Crippen LogP contribution in [0, 0.1) is 5.92 Å².